The van der Waals surface area contributed by atoms with E-state index in [1.165, 1.54) is 12.1 Å². The first-order chi connectivity index (χ1) is 10.4. The Bertz CT molecular complexity index is 788. The maximum Gasteiger partial charge on any atom is 0.270 e. The highest BCUT2D eigenvalue weighted by Gasteiger charge is 2.13. The quantitative estimate of drug-likeness (QED) is 0.684. The average Bonchev–Trinajstić information content (AvgIpc) is 2.76. The van der Waals surface area contributed by atoms with Crippen LogP contribution in [0.2, 0.25) is 0 Å². The lowest BCUT2D eigenvalue weighted by Gasteiger charge is -2.08. The number of nitriles is 1. The van der Waals surface area contributed by atoms with Crippen molar-refractivity contribution in [1.29, 1.82) is 5.26 Å². The van der Waals surface area contributed by atoms with Gasteiger partial charge in [-0.1, -0.05) is 0 Å². The van der Waals surface area contributed by atoms with Gasteiger partial charge >= 0.3 is 0 Å². The summed E-state index contributed by atoms with van der Waals surface area (Å²) in [6.45, 7) is 3.66. The summed E-state index contributed by atoms with van der Waals surface area (Å²) in [6.07, 6.45) is 0. The molecule has 8 heteroatoms. The van der Waals surface area contributed by atoms with E-state index in [9.17, 15) is 14.9 Å². The first-order valence-electron chi connectivity index (χ1n) is 6.40. The zero-order valence-electron chi connectivity index (χ0n) is 12.0. The van der Waals surface area contributed by atoms with Gasteiger partial charge in [0.05, 0.1) is 21.9 Å². The van der Waals surface area contributed by atoms with Gasteiger partial charge in [-0.2, -0.15) is 10.4 Å². The summed E-state index contributed by atoms with van der Waals surface area (Å²) >= 11 is 0. The molecule has 0 aliphatic carbocycles. The van der Waals surface area contributed by atoms with Crippen molar-refractivity contribution < 1.29 is 9.72 Å². The van der Waals surface area contributed by atoms with Gasteiger partial charge in [0, 0.05) is 17.8 Å². The molecule has 0 spiro atoms. The van der Waals surface area contributed by atoms with E-state index in [0.717, 1.165) is 17.5 Å². The molecule has 0 aliphatic heterocycles. The van der Waals surface area contributed by atoms with Crippen LogP contribution in [0.5, 0.6) is 0 Å². The molecule has 0 bridgehead atoms. The van der Waals surface area contributed by atoms with Crippen molar-refractivity contribution in [1.82, 2.24) is 9.78 Å². The van der Waals surface area contributed by atoms with Gasteiger partial charge in [-0.05, 0) is 26.0 Å². The molecular weight excluding hydrogens is 286 g/mol. The summed E-state index contributed by atoms with van der Waals surface area (Å²) in [5.41, 5.74) is 1.72. The number of nitro benzene ring substituents is 1. The van der Waals surface area contributed by atoms with Crippen molar-refractivity contribution in [2.24, 2.45) is 0 Å². The van der Waals surface area contributed by atoms with Gasteiger partial charge in [0.1, 0.15) is 12.6 Å². The number of rotatable bonds is 4. The van der Waals surface area contributed by atoms with Crippen molar-refractivity contribution in [3.63, 3.8) is 0 Å². The molecular formula is C14H13N5O3. The first-order valence-corrected chi connectivity index (χ1v) is 6.40. The third kappa shape index (κ3) is 3.27. The second-order valence-electron chi connectivity index (χ2n) is 4.73. The SMILES string of the molecule is Cc1cc(C)n(CC(=O)Nc2ccc([N+](=O)[O-])cc2C#N)n1. The Kier molecular flexibility index (Phi) is 4.18. The van der Waals surface area contributed by atoms with E-state index < -0.39 is 4.92 Å². The minimum atomic E-state index is -0.595. The molecule has 2 aromatic rings. The smallest absolute Gasteiger partial charge is 0.270 e. The number of aryl methyl sites for hydroxylation is 2. The molecule has 0 saturated carbocycles. The Hall–Kier alpha value is -3.21. The highest BCUT2D eigenvalue weighted by molar-refractivity contribution is 5.92. The van der Waals surface area contributed by atoms with E-state index in [4.69, 9.17) is 5.26 Å². The summed E-state index contributed by atoms with van der Waals surface area (Å²) in [6, 6.07) is 7.38. The van der Waals surface area contributed by atoms with Crippen molar-refractivity contribution in [3.05, 3.63) is 51.3 Å². The van der Waals surface area contributed by atoms with Crippen LogP contribution in [0.1, 0.15) is 17.0 Å². The molecule has 2 rings (SSSR count). The summed E-state index contributed by atoms with van der Waals surface area (Å²) in [4.78, 5) is 22.1. The topological polar surface area (TPSA) is 114 Å². The van der Waals surface area contributed by atoms with Crippen LogP contribution in [0.15, 0.2) is 24.3 Å². The molecule has 1 aromatic carbocycles. The highest BCUT2D eigenvalue weighted by Crippen LogP contribution is 2.21. The fourth-order valence-electron chi connectivity index (χ4n) is 2.01. The molecule has 0 unspecified atom stereocenters. The summed E-state index contributed by atoms with van der Waals surface area (Å²) in [5.74, 6) is -0.364. The average molecular weight is 299 g/mol. The molecule has 0 fully saturated rings. The second kappa shape index (κ2) is 6.05. The lowest BCUT2D eigenvalue weighted by atomic mass is 10.1. The fourth-order valence-corrected chi connectivity index (χ4v) is 2.01. The van der Waals surface area contributed by atoms with Crippen LogP contribution in [-0.4, -0.2) is 20.6 Å². The standard InChI is InChI=1S/C14H13N5O3/c1-9-5-10(2)18(17-9)8-14(20)16-13-4-3-12(19(21)22)6-11(13)7-15/h3-6H,8H2,1-2H3,(H,16,20). The molecule has 0 atom stereocenters. The number of hydrogen-bond acceptors (Lipinski definition) is 5. The Balaban J connectivity index is 2.16. The van der Waals surface area contributed by atoms with Crippen LogP contribution < -0.4 is 5.32 Å². The van der Waals surface area contributed by atoms with E-state index >= 15 is 0 Å². The molecule has 112 valence electrons. The molecule has 22 heavy (non-hydrogen) atoms. The Labute approximate surface area is 126 Å². The van der Waals surface area contributed by atoms with Crippen molar-refractivity contribution in [3.8, 4) is 6.07 Å². The molecule has 1 heterocycles. The maximum absolute atomic E-state index is 12.0. The van der Waals surface area contributed by atoms with Gasteiger partial charge in [0.25, 0.3) is 5.69 Å². The molecule has 1 aromatic heterocycles. The number of hydrogen-bond donors (Lipinski definition) is 1. The van der Waals surface area contributed by atoms with Crippen LogP contribution in [0.3, 0.4) is 0 Å². The van der Waals surface area contributed by atoms with E-state index in [1.807, 2.05) is 26.0 Å². The van der Waals surface area contributed by atoms with E-state index in [-0.39, 0.29) is 29.4 Å². The van der Waals surface area contributed by atoms with Crippen LogP contribution in [0.4, 0.5) is 11.4 Å². The van der Waals surface area contributed by atoms with E-state index in [2.05, 4.69) is 10.4 Å². The van der Waals surface area contributed by atoms with Crippen molar-refractivity contribution in [2.45, 2.75) is 20.4 Å². The van der Waals surface area contributed by atoms with Crippen molar-refractivity contribution in [2.75, 3.05) is 5.32 Å². The molecule has 1 amide bonds. The third-order valence-electron chi connectivity index (χ3n) is 3.01. The first kappa shape index (κ1) is 15.2. The number of aromatic nitrogens is 2. The number of carbonyl (C=O) groups excluding carboxylic acids is 1. The van der Waals surface area contributed by atoms with Crippen LogP contribution in [-0.2, 0) is 11.3 Å². The summed E-state index contributed by atoms with van der Waals surface area (Å²) in [7, 11) is 0. The van der Waals surface area contributed by atoms with Gasteiger partial charge in [-0.25, -0.2) is 0 Å². The molecule has 8 nitrogen and oxygen atoms in total. The Morgan fingerprint density at radius 1 is 1.45 bits per heavy atom. The van der Waals surface area contributed by atoms with Gasteiger partial charge in [-0.15, -0.1) is 0 Å². The van der Waals surface area contributed by atoms with Crippen molar-refractivity contribution >= 4 is 17.3 Å². The predicted octanol–water partition coefficient (Wildman–Crippen LogP) is 1.92. The number of amides is 1. The third-order valence-corrected chi connectivity index (χ3v) is 3.01. The number of non-ortho nitro benzene ring substituents is 1. The Morgan fingerprint density at radius 2 is 2.18 bits per heavy atom. The minimum absolute atomic E-state index is 0.00152. The minimum Gasteiger partial charge on any atom is -0.323 e. The fraction of sp³-hybridized carbons (Fsp3) is 0.214. The largest absolute Gasteiger partial charge is 0.323 e. The number of benzene rings is 1. The lowest BCUT2D eigenvalue weighted by Crippen LogP contribution is -2.20. The van der Waals surface area contributed by atoms with Crippen LogP contribution in [0.25, 0.3) is 0 Å². The number of nitro groups is 1. The van der Waals surface area contributed by atoms with E-state index in [0.29, 0.717) is 0 Å². The van der Waals surface area contributed by atoms with Gasteiger partial charge in [0.15, 0.2) is 0 Å². The number of carbonyl (C=O) groups is 1. The van der Waals surface area contributed by atoms with Crippen LogP contribution >= 0.6 is 0 Å². The summed E-state index contributed by atoms with van der Waals surface area (Å²) < 4.78 is 1.54. The summed E-state index contributed by atoms with van der Waals surface area (Å²) in [5, 5.41) is 26.5. The van der Waals surface area contributed by atoms with Gasteiger partial charge in [-0.3, -0.25) is 19.6 Å². The normalized spacial score (nSPS) is 10.0. The maximum atomic E-state index is 12.0. The zero-order chi connectivity index (χ0) is 16.3. The zero-order valence-corrected chi connectivity index (χ0v) is 12.0. The lowest BCUT2D eigenvalue weighted by molar-refractivity contribution is -0.384. The van der Waals surface area contributed by atoms with E-state index in [1.54, 1.807) is 4.68 Å². The predicted molar refractivity (Wildman–Crippen MR) is 78.1 cm³/mol. The molecule has 0 aliphatic rings. The van der Waals surface area contributed by atoms with Gasteiger partial charge < -0.3 is 5.32 Å². The second-order valence-corrected chi connectivity index (χ2v) is 4.73. The monoisotopic (exact) mass is 299 g/mol. The molecule has 0 saturated heterocycles. The highest BCUT2D eigenvalue weighted by atomic mass is 16.6. The number of nitrogens with one attached hydrogen (secondary N) is 1. The molecule has 0 radical (unpaired) electrons. The van der Waals surface area contributed by atoms with Crippen LogP contribution in [0, 0.1) is 35.3 Å². The number of anilines is 1. The number of nitrogens with zero attached hydrogens (tertiary/aromatic N) is 4. The Morgan fingerprint density at radius 3 is 2.73 bits per heavy atom. The molecule has 1 N–H and O–H groups in total. The van der Waals surface area contributed by atoms with Gasteiger partial charge in [0.2, 0.25) is 5.91 Å².